The highest BCUT2D eigenvalue weighted by atomic mass is 35.5. The van der Waals surface area contributed by atoms with Gasteiger partial charge in [-0.25, -0.2) is 0 Å². The number of anilines is 1. The lowest BCUT2D eigenvalue weighted by Gasteiger charge is -2.16. The number of carbonyl (C=O) groups is 1. The number of halogens is 1. The van der Waals surface area contributed by atoms with Crippen molar-refractivity contribution < 1.29 is 9.72 Å². The standard InChI is InChI=1S/C11H10ClN5O3/c12-8-1-2-9(10(4-8)17(19)20)16-6-7(3-11(16)18)5-14-15-13/h1-2,4,7H,3,5-6H2. The second kappa shape index (κ2) is 5.77. The lowest BCUT2D eigenvalue weighted by molar-refractivity contribution is -0.384. The molecule has 8 nitrogen and oxygen atoms in total. The maximum atomic E-state index is 11.9. The number of benzene rings is 1. The van der Waals surface area contributed by atoms with Crippen molar-refractivity contribution in [1.29, 1.82) is 0 Å². The van der Waals surface area contributed by atoms with Gasteiger partial charge in [-0.3, -0.25) is 14.9 Å². The van der Waals surface area contributed by atoms with Crippen LogP contribution in [0.15, 0.2) is 23.3 Å². The maximum absolute atomic E-state index is 11.9. The van der Waals surface area contributed by atoms with Gasteiger partial charge in [0.15, 0.2) is 0 Å². The summed E-state index contributed by atoms with van der Waals surface area (Å²) in [6.07, 6.45) is 0.207. The summed E-state index contributed by atoms with van der Waals surface area (Å²) in [5, 5.41) is 14.7. The zero-order valence-corrected chi connectivity index (χ0v) is 11.0. The summed E-state index contributed by atoms with van der Waals surface area (Å²) in [5.74, 6) is -0.359. The van der Waals surface area contributed by atoms with Crippen LogP contribution in [0, 0.1) is 16.0 Å². The van der Waals surface area contributed by atoms with E-state index in [0.717, 1.165) is 0 Å². The molecule has 1 fully saturated rings. The Balaban J connectivity index is 2.30. The van der Waals surface area contributed by atoms with Crippen LogP contribution < -0.4 is 4.90 Å². The number of azide groups is 1. The third-order valence-electron chi connectivity index (χ3n) is 3.03. The van der Waals surface area contributed by atoms with Gasteiger partial charge in [0, 0.05) is 35.5 Å². The zero-order chi connectivity index (χ0) is 14.7. The van der Waals surface area contributed by atoms with E-state index in [4.69, 9.17) is 17.1 Å². The Bertz CT molecular complexity index is 614. The van der Waals surface area contributed by atoms with Crippen LogP contribution in [0.4, 0.5) is 11.4 Å². The summed E-state index contributed by atoms with van der Waals surface area (Å²) in [4.78, 5) is 26.4. The molecule has 1 atom stereocenters. The van der Waals surface area contributed by atoms with Crippen LogP contribution >= 0.6 is 11.6 Å². The van der Waals surface area contributed by atoms with Crippen molar-refractivity contribution in [2.45, 2.75) is 6.42 Å². The van der Waals surface area contributed by atoms with E-state index in [0.29, 0.717) is 6.54 Å². The first-order chi connectivity index (χ1) is 9.52. The van der Waals surface area contributed by atoms with Crippen molar-refractivity contribution in [3.8, 4) is 0 Å². The Morgan fingerprint density at radius 2 is 2.35 bits per heavy atom. The van der Waals surface area contributed by atoms with Crippen LogP contribution in [0.1, 0.15) is 6.42 Å². The molecule has 1 heterocycles. The van der Waals surface area contributed by atoms with Crippen molar-refractivity contribution in [3.63, 3.8) is 0 Å². The Labute approximate surface area is 118 Å². The quantitative estimate of drug-likeness (QED) is 0.280. The molecular weight excluding hydrogens is 286 g/mol. The minimum absolute atomic E-state index is 0.131. The minimum Gasteiger partial charge on any atom is -0.306 e. The fourth-order valence-electron chi connectivity index (χ4n) is 2.16. The first-order valence-electron chi connectivity index (χ1n) is 5.78. The van der Waals surface area contributed by atoms with Crippen LogP contribution in [-0.2, 0) is 4.79 Å². The number of hydrogen-bond acceptors (Lipinski definition) is 4. The SMILES string of the molecule is [N-]=[N+]=NCC1CC(=O)N(c2ccc(Cl)cc2[N+](=O)[O-])C1. The third-order valence-corrected chi connectivity index (χ3v) is 3.27. The number of amides is 1. The Hall–Kier alpha value is -2.31. The number of nitro benzene ring substituents is 1. The summed E-state index contributed by atoms with van der Waals surface area (Å²) in [6.45, 7) is 0.487. The molecule has 0 bridgehead atoms. The summed E-state index contributed by atoms with van der Waals surface area (Å²) >= 11 is 5.74. The highest BCUT2D eigenvalue weighted by Crippen LogP contribution is 2.34. The summed E-state index contributed by atoms with van der Waals surface area (Å²) < 4.78 is 0. The first kappa shape index (κ1) is 14.1. The van der Waals surface area contributed by atoms with E-state index in [9.17, 15) is 14.9 Å². The fraction of sp³-hybridized carbons (Fsp3) is 0.364. The van der Waals surface area contributed by atoms with Gasteiger partial charge in [0.25, 0.3) is 5.69 Å². The van der Waals surface area contributed by atoms with E-state index in [2.05, 4.69) is 10.0 Å². The van der Waals surface area contributed by atoms with Crippen molar-refractivity contribution >= 4 is 28.9 Å². The van der Waals surface area contributed by atoms with Gasteiger partial charge in [0.2, 0.25) is 5.91 Å². The van der Waals surface area contributed by atoms with Gasteiger partial charge >= 0.3 is 0 Å². The summed E-state index contributed by atoms with van der Waals surface area (Å²) in [7, 11) is 0. The van der Waals surface area contributed by atoms with E-state index in [1.54, 1.807) is 0 Å². The molecule has 0 N–H and O–H groups in total. The second-order valence-electron chi connectivity index (χ2n) is 4.38. The minimum atomic E-state index is -0.574. The lowest BCUT2D eigenvalue weighted by atomic mass is 10.1. The van der Waals surface area contributed by atoms with Crippen molar-refractivity contribution in [2.75, 3.05) is 18.0 Å². The monoisotopic (exact) mass is 295 g/mol. The summed E-state index contributed by atoms with van der Waals surface area (Å²) in [5.41, 5.74) is 8.28. The Morgan fingerprint density at radius 1 is 1.60 bits per heavy atom. The number of nitrogens with zero attached hydrogens (tertiary/aromatic N) is 5. The molecule has 9 heteroatoms. The average Bonchev–Trinajstić information content (AvgIpc) is 2.77. The third kappa shape index (κ3) is 2.81. The number of nitro groups is 1. The average molecular weight is 296 g/mol. The predicted octanol–water partition coefficient (Wildman–Crippen LogP) is 2.91. The molecule has 1 aliphatic rings. The van der Waals surface area contributed by atoms with Gasteiger partial charge in [0.05, 0.1) is 4.92 Å². The molecule has 20 heavy (non-hydrogen) atoms. The van der Waals surface area contributed by atoms with Crippen LogP contribution in [0.25, 0.3) is 10.4 Å². The Kier molecular flexibility index (Phi) is 4.07. The molecule has 1 aromatic carbocycles. The van der Waals surface area contributed by atoms with Gasteiger partial charge in [-0.1, -0.05) is 16.7 Å². The molecule has 1 aliphatic heterocycles. The predicted molar refractivity (Wildman–Crippen MR) is 72.6 cm³/mol. The molecule has 0 radical (unpaired) electrons. The highest BCUT2D eigenvalue weighted by Gasteiger charge is 2.33. The molecule has 1 unspecified atom stereocenters. The topological polar surface area (TPSA) is 112 Å². The van der Waals surface area contributed by atoms with E-state index in [1.165, 1.54) is 23.1 Å². The van der Waals surface area contributed by atoms with Gasteiger partial charge in [-0.2, -0.15) is 0 Å². The highest BCUT2D eigenvalue weighted by molar-refractivity contribution is 6.31. The zero-order valence-electron chi connectivity index (χ0n) is 10.3. The second-order valence-corrected chi connectivity index (χ2v) is 4.81. The number of carbonyl (C=O) groups excluding carboxylic acids is 1. The smallest absolute Gasteiger partial charge is 0.294 e. The lowest BCUT2D eigenvalue weighted by Crippen LogP contribution is -2.25. The van der Waals surface area contributed by atoms with Crippen molar-refractivity contribution in [1.82, 2.24) is 0 Å². The largest absolute Gasteiger partial charge is 0.306 e. The molecular formula is C11H10ClN5O3. The van der Waals surface area contributed by atoms with E-state index in [-0.39, 0.29) is 41.2 Å². The molecule has 1 saturated heterocycles. The molecule has 104 valence electrons. The van der Waals surface area contributed by atoms with Crippen molar-refractivity contribution in [2.24, 2.45) is 11.0 Å². The molecule has 2 rings (SSSR count). The van der Waals surface area contributed by atoms with Crippen LogP contribution in [0.3, 0.4) is 0 Å². The maximum Gasteiger partial charge on any atom is 0.294 e. The molecule has 1 aromatic rings. The molecule has 0 aliphatic carbocycles. The van der Waals surface area contributed by atoms with Crippen LogP contribution in [0.5, 0.6) is 0 Å². The van der Waals surface area contributed by atoms with Crippen LogP contribution in [0.2, 0.25) is 5.02 Å². The summed E-state index contributed by atoms with van der Waals surface area (Å²) in [6, 6.07) is 4.16. The van der Waals surface area contributed by atoms with Gasteiger partial charge in [-0.15, -0.1) is 0 Å². The van der Waals surface area contributed by atoms with E-state index in [1.807, 2.05) is 0 Å². The van der Waals surface area contributed by atoms with Gasteiger partial charge in [0.1, 0.15) is 5.69 Å². The van der Waals surface area contributed by atoms with Crippen LogP contribution in [-0.4, -0.2) is 23.9 Å². The van der Waals surface area contributed by atoms with Crippen molar-refractivity contribution in [3.05, 3.63) is 43.8 Å². The van der Waals surface area contributed by atoms with Gasteiger partial charge in [-0.05, 0) is 23.6 Å². The molecule has 0 saturated carbocycles. The first-order valence-corrected chi connectivity index (χ1v) is 6.16. The molecule has 1 amide bonds. The van der Waals surface area contributed by atoms with Gasteiger partial charge < -0.3 is 4.90 Å². The molecule has 0 spiro atoms. The normalized spacial score (nSPS) is 17.9. The number of hydrogen-bond donors (Lipinski definition) is 0. The Morgan fingerprint density at radius 3 is 3.00 bits per heavy atom. The van der Waals surface area contributed by atoms with E-state index >= 15 is 0 Å². The molecule has 0 aromatic heterocycles. The fourth-order valence-corrected chi connectivity index (χ4v) is 2.33. The van der Waals surface area contributed by atoms with E-state index < -0.39 is 4.92 Å². The number of rotatable bonds is 4.